The van der Waals surface area contributed by atoms with Gasteiger partial charge in [-0.15, -0.1) is 35.3 Å². The van der Waals surface area contributed by atoms with Gasteiger partial charge in [0, 0.05) is 15.9 Å². The fourth-order valence-corrected chi connectivity index (χ4v) is 3.67. The molecular weight excluding hydrogens is 499 g/mol. The molecule has 2 aromatic rings. The fourth-order valence-electron chi connectivity index (χ4n) is 2.18. The molecule has 4 nitrogen and oxygen atoms in total. The largest absolute Gasteiger partial charge is 0.357 e. The summed E-state index contributed by atoms with van der Waals surface area (Å²) in [6.07, 6.45) is 0. The van der Waals surface area contributed by atoms with Gasteiger partial charge in [-0.1, -0.05) is 34.1 Å². The minimum Gasteiger partial charge on any atom is -0.357 e. The summed E-state index contributed by atoms with van der Waals surface area (Å²) in [4.78, 5) is 10.5. The van der Waals surface area contributed by atoms with Crippen molar-refractivity contribution in [2.75, 3.05) is 6.54 Å². The maximum absolute atomic E-state index is 4.66. The van der Waals surface area contributed by atoms with Crippen LogP contribution in [0, 0.1) is 13.8 Å². The third-order valence-electron chi connectivity index (χ3n) is 3.51. The van der Waals surface area contributed by atoms with Crippen molar-refractivity contribution in [3.63, 3.8) is 0 Å². The van der Waals surface area contributed by atoms with Crippen LogP contribution in [0.25, 0.3) is 0 Å². The summed E-state index contributed by atoms with van der Waals surface area (Å²) in [5.74, 6) is 0.807. The molecule has 7 heteroatoms. The summed E-state index contributed by atoms with van der Waals surface area (Å²) in [7, 11) is 0. The molecule has 0 radical (unpaired) electrons. The number of aryl methyl sites for hydroxylation is 2. The number of aliphatic imine (C=N–C) groups is 1. The van der Waals surface area contributed by atoms with Crippen LogP contribution in [0.2, 0.25) is 0 Å². The highest BCUT2D eigenvalue weighted by Crippen LogP contribution is 2.22. The van der Waals surface area contributed by atoms with E-state index < -0.39 is 0 Å². The Balaban J connectivity index is 0.00000288. The molecule has 1 aromatic heterocycles. The molecular formula is C17H24BrIN4S. The lowest BCUT2D eigenvalue weighted by atomic mass is 10.1. The Kier molecular flexibility index (Phi) is 9.22. The highest BCUT2D eigenvalue weighted by molar-refractivity contribution is 14.0. The first-order valence-corrected chi connectivity index (χ1v) is 9.34. The van der Waals surface area contributed by atoms with Gasteiger partial charge in [-0.2, -0.15) is 0 Å². The van der Waals surface area contributed by atoms with E-state index in [-0.39, 0.29) is 30.0 Å². The van der Waals surface area contributed by atoms with Crippen molar-refractivity contribution < 1.29 is 0 Å². The molecule has 1 heterocycles. The molecule has 0 aliphatic carbocycles. The summed E-state index contributed by atoms with van der Waals surface area (Å²) in [6.45, 7) is 9.75. The summed E-state index contributed by atoms with van der Waals surface area (Å²) in [5.41, 5.74) is 2.30. The molecule has 24 heavy (non-hydrogen) atoms. The highest BCUT2D eigenvalue weighted by Gasteiger charge is 2.11. The van der Waals surface area contributed by atoms with Gasteiger partial charge in [0.2, 0.25) is 0 Å². The molecule has 0 bridgehead atoms. The molecule has 132 valence electrons. The smallest absolute Gasteiger partial charge is 0.192 e. The van der Waals surface area contributed by atoms with E-state index in [4.69, 9.17) is 0 Å². The van der Waals surface area contributed by atoms with E-state index in [1.54, 1.807) is 11.3 Å². The maximum Gasteiger partial charge on any atom is 0.192 e. The monoisotopic (exact) mass is 522 g/mol. The van der Waals surface area contributed by atoms with E-state index in [2.05, 4.69) is 69.4 Å². The number of benzene rings is 1. The van der Waals surface area contributed by atoms with Crippen molar-refractivity contribution in [2.45, 2.75) is 40.3 Å². The molecule has 2 rings (SSSR count). The van der Waals surface area contributed by atoms with Gasteiger partial charge in [-0.3, -0.25) is 0 Å². The Labute approximate surface area is 173 Å². The first kappa shape index (κ1) is 21.4. The molecule has 1 aromatic carbocycles. The van der Waals surface area contributed by atoms with Gasteiger partial charge in [-0.25, -0.2) is 9.98 Å². The predicted molar refractivity (Wildman–Crippen MR) is 118 cm³/mol. The van der Waals surface area contributed by atoms with E-state index in [1.165, 1.54) is 10.4 Å². The topological polar surface area (TPSA) is 49.3 Å². The zero-order valence-electron chi connectivity index (χ0n) is 14.4. The van der Waals surface area contributed by atoms with Crippen LogP contribution in [-0.2, 0) is 6.54 Å². The SMILES string of the molecule is CCNC(=NCc1nc(C)c(C)s1)NC(C)c1ccccc1Br.I. The van der Waals surface area contributed by atoms with Gasteiger partial charge in [0.1, 0.15) is 5.01 Å². The number of nitrogens with one attached hydrogen (secondary N) is 2. The molecule has 1 atom stereocenters. The van der Waals surface area contributed by atoms with Crippen molar-refractivity contribution in [1.29, 1.82) is 0 Å². The molecule has 0 aliphatic rings. The van der Waals surface area contributed by atoms with Gasteiger partial charge in [0.05, 0.1) is 18.3 Å². The number of thiazole rings is 1. The number of hydrogen-bond donors (Lipinski definition) is 2. The number of guanidine groups is 1. The third-order valence-corrected chi connectivity index (χ3v) is 5.29. The summed E-state index contributed by atoms with van der Waals surface area (Å²) < 4.78 is 1.10. The highest BCUT2D eigenvalue weighted by atomic mass is 127. The predicted octanol–water partition coefficient (Wildman–Crippen LogP) is 4.96. The Morgan fingerprint density at radius 2 is 2.04 bits per heavy atom. The lowest BCUT2D eigenvalue weighted by molar-refractivity contribution is 0.683. The Morgan fingerprint density at radius 3 is 2.62 bits per heavy atom. The van der Waals surface area contributed by atoms with Crippen LogP contribution < -0.4 is 10.6 Å². The number of nitrogens with zero attached hydrogens (tertiary/aromatic N) is 2. The average Bonchev–Trinajstić information content (AvgIpc) is 2.84. The quantitative estimate of drug-likeness (QED) is 0.331. The van der Waals surface area contributed by atoms with Crippen LogP contribution >= 0.6 is 51.2 Å². The van der Waals surface area contributed by atoms with E-state index in [0.29, 0.717) is 6.54 Å². The second-order valence-corrected chi connectivity index (χ2v) is 7.47. The van der Waals surface area contributed by atoms with Gasteiger partial charge in [-0.05, 0) is 39.3 Å². The van der Waals surface area contributed by atoms with Crippen molar-refractivity contribution >= 4 is 57.2 Å². The van der Waals surface area contributed by atoms with Crippen LogP contribution in [0.15, 0.2) is 33.7 Å². The molecule has 0 fully saturated rings. The van der Waals surface area contributed by atoms with Gasteiger partial charge >= 0.3 is 0 Å². The Morgan fingerprint density at radius 1 is 1.33 bits per heavy atom. The Hall–Kier alpha value is -0.670. The van der Waals surface area contributed by atoms with Crippen molar-refractivity contribution in [3.8, 4) is 0 Å². The number of halogens is 2. The maximum atomic E-state index is 4.66. The third kappa shape index (κ3) is 6.00. The summed E-state index contributed by atoms with van der Waals surface area (Å²) in [6, 6.07) is 8.39. The second-order valence-electron chi connectivity index (χ2n) is 5.33. The number of aromatic nitrogens is 1. The lowest BCUT2D eigenvalue weighted by Crippen LogP contribution is -2.38. The van der Waals surface area contributed by atoms with E-state index in [0.717, 1.165) is 27.7 Å². The molecule has 0 saturated carbocycles. The van der Waals surface area contributed by atoms with Crippen LogP contribution in [0.1, 0.15) is 41.0 Å². The standard InChI is InChI=1S/C17H23BrN4S.HI/c1-5-19-17(20-10-16-21-11(2)13(4)23-16)22-12(3)14-8-6-7-9-15(14)18;/h6-9,12H,5,10H2,1-4H3,(H2,19,20,22);1H. The molecule has 0 saturated heterocycles. The summed E-state index contributed by atoms with van der Waals surface area (Å²) in [5, 5.41) is 7.79. The molecule has 0 aliphatic heterocycles. The number of rotatable bonds is 5. The normalized spacial score (nSPS) is 12.5. The van der Waals surface area contributed by atoms with E-state index in [1.807, 2.05) is 19.1 Å². The van der Waals surface area contributed by atoms with Crippen LogP contribution in [0.3, 0.4) is 0 Å². The minimum atomic E-state index is 0. The molecule has 2 N–H and O–H groups in total. The van der Waals surface area contributed by atoms with Crippen molar-refractivity contribution in [3.05, 3.63) is 49.9 Å². The van der Waals surface area contributed by atoms with Crippen LogP contribution in [0.4, 0.5) is 0 Å². The van der Waals surface area contributed by atoms with Crippen molar-refractivity contribution in [2.24, 2.45) is 4.99 Å². The minimum absolute atomic E-state index is 0. The van der Waals surface area contributed by atoms with Crippen LogP contribution in [0.5, 0.6) is 0 Å². The summed E-state index contributed by atoms with van der Waals surface area (Å²) >= 11 is 5.31. The average molecular weight is 523 g/mol. The van der Waals surface area contributed by atoms with E-state index in [9.17, 15) is 0 Å². The zero-order chi connectivity index (χ0) is 16.8. The number of hydrogen-bond acceptors (Lipinski definition) is 3. The molecule has 0 spiro atoms. The van der Waals surface area contributed by atoms with Crippen LogP contribution in [-0.4, -0.2) is 17.5 Å². The molecule has 1 unspecified atom stereocenters. The van der Waals surface area contributed by atoms with Crippen molar-refractivity contribution in [1.82, 2.24) is 15.6 Å². The zero-order valence-corrected chi connectivity index (χ0v) is 19.1. The fraction of sp³-hybridized carbons (Fsp3) is 0.412. The van der Waals surface area contributed by atoms with Gasteiger partial charge in [0.25, 0.3) is 0 Å². The lowest BCUT2D eigenvalue weighted by Gasteiger charge is -2.19. The van der Waals surface area contributed by atoms with Gasteiger partial charge in [0.15, 0.2) is 5.96 Å². The van der Waals surface area contributed by atoms with Gasteiger partial charge < -0.3 is 10.6 Å². The first-order chi connectivity index (χ1) is 11.0. The molecule has 0 amide bonds. The second kappa shape index (κ2) is 10.4. The van der Waals surface area contributed by atoms with E-state index >= 15 is 0 Å². The Bertz CT molecular complexity index is 667. The first-order valence-electron chi connectivity index (χ1n) is 7.73.